The van der Waals surface area contributed by atoms with Crippen LogP contribution in [0.4, 0.5) is 0 Å². The Morgan fingerprint density at radius 3 is 2.69 bits per heavy atom. The van der Waals surface area contributed by atoms with Gasteiger partial charge in [-0.15, -0.1) is 0 Å². The first kappa shape index (κ1) is 23.1. The van der Waals surface area contributed by atoms with Gasteiger partial charge < -0.3 is 24.8 Å². The van der Waals surface area contributed by atoms with Crippen LogP contribution in [0.15, 0.2) is 30.3 Å². The Morgan fingerprint density at radius 1 is 1.31 bits per heavy atom. The first-order valence-electron chi connectivity index (χ1n) is 11.4. The summed E-state index contributed by atoms with van der Waals surface area (Å²) in [6.07, 6.45) is 0.590. The molecule has 32 heavy (non-hydrogen) atoms. The molecular formula is C23H34N4O5. The Balaban J connectivity index is 1.46. The van der Waals surface area contributed by atoms with Crippen LogP contribution in [-0.4, -0.2) is 102 Å². The number of ether oxygens (including phenoxy) is 2. The molecule has 1 amide bonds. The summed E-state index contributed by atoms with van der Waals surface area (Å²) < 4.78 is 12.2. The van der Waals surface area contributed by atoms with E-state index in [2.05, 4.69) is 34.5 Å². The maximum atomic E-state index is 12.8. The van der Waals surface area contributed by atoms with Gasteiger partial charge in [0.2, 0.25) is 12.1 Å². The summed E-state index contributed by atoms with van der Waals surface area (Å²) in [4.78, 5) is 30.4. The van der Waals surface area contributed by atoms with Crippen LogP contribution in [0, 0.1) is 0 Å². The van der Waals surface area contributed by atoms with Crippen LogP contribution in [0.3, 0.4) is 0 Å². The highest BCUT2D eigenvalue weighted by atomic mass is 16.6. The average Bonchev–Trinajstić information content (AvgIpc) is 3.09. The molecule has 176 valence electrons. The van der Waals surface area contributed by atoms with Crippen molar-refractivity contribution in [3.8, 4) is 0 Å². The number of amides is 1. The van der Waals surface area contributed by atoms with E-state index in [0.717, 1.165) is 32.5 Å². The van der Waals surface area contributed by atoms with Gasteiger partial charge >= 0.3 is 5.97 Å². The van der Waals surface area contributed by atoms with Gasteiger partial charge in [-0.2, -0.15) is 0 Å². The van der Waals surface area contributed by atoms with E-state index in [1.807, 2.05) is 11.0 Å². The number of carbonyl (C=O) groups is 2. The highest BCUT2D eigenvalue weighted by Crippen LogP contribution is 2.42. The molecule has 0 saturated carbocycles. The predicted octanol–water partition coefficient (Wildman–Crippen LogP) is 0.559. The van der Waals surface area contributed by atoms with Crippen LogP contribution in [-0.2, 0) is 25.6 Å². The van der Waals surface area contributed by atoms with Crippen molar-refractivity contribution in [3.05, 3.63) is 35.9 Å². The first-order chi connectivity index (χ1) is 15.4. The SMILES string of the molecule is CCOC(C(=O)O)N(C)CC12CNCC(=O)N1CC1(CCN(Cc3ccccc3)CC1)O2. The first-order valence-corrected chi connectivity index (χ1v) is 11.4. The predicted molar refractivity (Wildman–Crippen MR) is 118 cm³/mol. The zero-order valence-electron chi connectivity index (χ0n) is 19.0. The third kappa shape index (κ3) is 4.67. The fourth-order valence-corrected chi connectivity index (χ4v) is 5.24. The fraction of sp³-hybridized carbons (Fsp3) is 0.652. The normalized spacial score (nSPS) is 26.5. The summed E-state index contributed by atoms with van der Waals surface area (Å²) in [5.74, 6) is -1.05. The van der Waals surface area contributed by atoms with Crippen molar-refractivity contribution in [3.63, 3.8) is 0 Å². The molecule has 3 aliphatic heterocycles. The smallest absolute Gasteiger partial charge is 0.348 e. The molecule has 1 aromatic carbocycles. The Bertz CT molecular complexity index is 814. The topological polar surface area (TPSA) is 94.6 Å². The van der Waals surface area contributed by atoms with E-state index in [4.69, 9.17) is 9.47 Å². The van der Waals surface area contributed by atoms with Crippen molar-refractivity contribution >= 4 is 11.9 Å². The molecule has 3 saturated heterocycles. The van der Waals surface area contributed by atoms with Gasteiger partial charge in [0, 0.05) is 32.8 Å². The molecule has 9 heteroatoms. The van der Waals surface area contributed by atoms with E-state index in [1.54, 1.807) is 18.9 Å². The molecule has 0 bridgehead atoms. The molecule has 2 unspecified atom stereocenters. The third-order valence-corrected chi connectivity index (χ3v) is 6.77. The summed E-state index contributed by atoms with van der Waals surface area (Å²) in [7, 11) is 1.71. The van der Waals surface area contributed by atoms with Gasteiger partial charge in [0.05, 0.1) is 25.2 Å². The van der Waals surface area contributed by atoms with Crippen LogP contribution in [0.1, 0.15) is 25.3 Å². The molecule has 4 rings (SSSR count). The second-order valence-corrected chi connectivity index (χ2v) is 9.14. The van der Waals surface area contributed by atoms with Crippen LogP contribution >= 0.6 is 0 Å². The van der Waals surface area contributed by atoms with E-state index in [-0.39, 0.29) is 25.6 Å². The molecule has 0 aromatic heterocycles. The minimum absolute atomic E-state index is 0.00322. The standard InChI is InChI=1S/C23H34N4O5/c1-3-31-20(21(29)30)25(2)17-23-15-24-13-19(28)27(23)16-22(32-23)9-11-26(12-10-22)14-18-7-5-4-6-8-18/h4-8,20,24H,3,9-17H2,1-2H3,(H,29,30). The Labute approximate surface area is 189 Å². The summed E-state index contributed by atoms with van der Waals surface area (Å²) in [6, 6.07) is 10.4. The molecule has 3 fully saturated rings. The van der Waals surface area contributed by atoms with Crippen LogP contribution in [0.5, 0.6) is 0 Å². The number of carboxylic acids is 1. The van der Waals surface area contributed by atoms with Gasteiger partial charge in [-0.3, -0.25) is 14.6 Å². The highest BCUT2D eigenvalue weighted by Gasteiger charge is 2.58. The van der Waals surface area contributed by atoms with Crippen LogP contribution in [0.2, 0.25) is 0 Å². The Hall–Kier alpha value is -2.04. The maximum Gasteiger partial charge on any atom is 0.348 e. The number of piperazine rings is 1. The molecule has 3 aliphatic rings. The number of carboxylic acid groups (broad SMARTS) is 1. The molecule has 2 atom stereocenters. The number of nitrogens with zero attached hydrogens (tertiary/aromatic N) is 3. The van der Waals surface area contributed by atoms with Gasteiger partial charge in [-0.25, -0.2) is 4.79 Å². The number of nitrogens with one attached hydrogen (secondary N) is 1. The van der Waals surface area contributed by atoms with Crippen molar-refractivity contribution in [2.45, 2.75) is 43.9 Å². The van der Waals surface area contributed by atoms with E-state index in [1.165, 1.54) is 5.56 Å². The Kier molecular flexibility index (Phi) is 6.83. The zero-order valence-corrected chi connectivity index (χ0v) is 19.0. The van der Waals surface area contributed by atoms with Crippen molar-refractivity contribution in [1.82, 2.24) is 20.0 Å². The number of carbonyl (C=O) groups excluding carboxylic acids is 1. The molecule has 1 spiro atoms. The average molecular weight is 447 g/mol. The number of benzene rings is 1. The molecule has 3 heterocycles. The van der Waals surface area contributed by atoms with Crippen molar-refractivity contribution in [2.75, 3.05) is 52.9 Å². The van der Waals surface area contributed by atoms with Crippen LogP contribution in [0.25, 0.3) is 0 Å². The van der Waals surface area contributed by atoms with Crippen molar-refractivity contribution < 1.29 is 24.2 Å². The summed E-state index contributed by atoms with van der Waals surface area (Å²) >= 11 is 0. The largest absolute Gasteiger partial charge is 0.478 e. The van der Waals surface area contributed by atoms with Crippen LogP contribution < -0.4 is 5.32 Å². The van der Waals surface area contributed by atoms with Gasteiger partial charge in [0.1, 0.15) is 0 Å². The van der Waals surface area contributed by atoms with Crippen molar-refractivity contribution in [1.29, 1.82) is 0 Å². The number of rotatable bonds is 8. The summed E-state index contributed by atoms with van der Waals surface area (Å²) in [5, 5.41) is 12.8. The number of aliphatic carboxylic acids is 1. The second-order valence-electron chi connectivity index (χ2n) is 9.14. The number of hydrogen-bond acceptors (Lipinski definition) is 7. The molecule has 1 aromatic rings. The van der Waals surface area contributed by atoms with E-state index in [9.17, 15) is 14.7 Å². The van der Waals surface area contributed by atoms with Gasteiger partial charge in [0.25, 0.3) is 0 Å². The lowest BCUT2D eigenvalue weighted by Gasteiger charge is -2.44. The Morgan fingerprint density at radius 2 is 2.03 bits per heavy atom. The monoisotopic (exact) mass is 446 g/mol. The molecule has 9 nitrogen and oxygen atoms in total. The maximum absolute atomic E-state index is 12.8. The molecule has 0 aliphatic carbocycles. The van der Waals surface area contributed by atoms with E-state index >= 15 is 0 Å². The third-order valence-electron chi connectivity index (χ3n) is 6.77. The number of hydrogen-bond donors (Lipinski definition) is 2. The molecular weight excluding hydrogens is 412 g/mol. The summed E-state index contributed by atoms with van der Waals surface area (Å²) in [5.41, 5.74) is -0.00222. The number of likely N-dealkylation sites (tertiary alicyclic amines) is 1. The van der Waals surface area contributed by atoms with E-state index in [0.29, 0.717) is 13.1 Å². The zero-order chi connectivity index (χ0) is 22.8. The lowest BCUT2D eigenvalue weighted by Crippen LogP contribution is -2.66. The quantitative estimate of drug-likeness (QED) is 0.560. The lowest BCUT2D eigenvalue weighted by molar-refractivity contribution is -0.193. The fourth-order valence-electron chi connectivity index (χ4n) is 5.24. The van der Waals surface area contributed by atoms with Gasteiger partial charge in [-0.1, -0.05) is 30.3 Å². The lowest BCUT2D eigenvalue weighted by atomic mass is 9.91. The minimum atomic E-state index is -1.08. The highest BCUT2D eigenvalue weighted by molar-refractivity contribution is 5.80. The summed E-state index contributed by atoms with van der Waals surface area (Å²) in [6.45, 7) is 6.31. The minimum Gasteiger partial charge on any atom is -0.478 e. The molecule has 0 radical (unpaired) electrons. The van der Waals surface area contributed by atoms with Gasteiger partial charge in [-0.05, 0) is 32.4 Å². The number of likely N-dealkylation sites (N-methyl/N-ethyl adjacent to an activating group) is 1. The van der Waals surface area contributed by atoms with Gasteiger partial charge in [0.15, 0.2) is 5.72 Å². The number of piperidine rings is 1. The number of fused-ring (bicyclic) bond motifs is 1. The van der Waals surface area contributed by atoms with E-state index < -0.39 is 23.5 Å². The molecule has 2 N–H and O–H groups in total. The second kappa shape index (κ2) is 9.44. The van der Waals surface area contributed by atoms with Crippen molar-refractivity contribution in [2.24, 2.45) is 0 Å².